The molecule has 0 aliphatic heterocycles. The lowest BCUT2D eigenvalue weighted by atomic mass is 10.0. The zero-order valence-electron chi connectivity index (χ0n) is 15.6. The Balaban J connectivity index is 1.50. The molecule has 134 valence electrons. The second-order valence-corrected chi connectivity index (χ2v) is 6.64. The maximum absolute atomic E-state index is 5.35. The molecule has 4 aromatic rings. The number of pyridine rings is 1. The summed E-state index contributed by atoms with van der Waals surface area (Å²) in [4.78, 5) is 4.24. The third-order valence-corrected chi connectivity index (χ3v) is 4.85. The minimum Gasteiger partial charge on any atom is -0.496 e. The summed E-state index contributed by atoms with van der Waals surface area (Å²) in [5.41, 5.74) is 5.90. The van der Waals surface area contributed by atoms with Crippen LogP contribution in [0, 0.1) is 6.92 Å². The number of fused-ring (bicyclic) bond motifs is 1. The van der Waals surface area contributed by atoms with Crippen molar-refractivity contribution >= 4 is 16.5 Å². The van der Waals surface area contributed by atoms with Crippen LogP contribution in [0.25, 0.3) is 21.9 Å². The van der Waals surface area contributed by atoms with Crippen molar-refractivity contribution in [1.82, 2.24) is 4.98 Å². The number of methoxy groups -OCH3 is 1. The van der Waals surface area contributed by atoms with Gasteiger partial charge in [-0.2, -0.15) is 0 Å². The minimum atomic E-state index is 0.774. The number of nitrogens with zero attached hydrogens (tertiary/aromatic N) is 1. The maximum Gasteiger partial charge on any atom is 0.121 e. The Kier molecular flexibility index (Phi) is 4.75. The van der Waals surface area contributed by atoms with Crippen LogP contribution in [0.5, 0.6) is 5.75 Å². The Hall–Kier alpha value is -3.33. The van der Waals surface area contributed by atoms with Gasteiger partial charge in [-0.25, -0.2) is 0 Å². The van der Waals surface area contributed by atoms with Gasteiger partial charge in [0.2, 0.25) is 0 Å². The quantitative estimate of drug-likeness (QED) is 0.489. The molecule has 0 saturated heterocycles. The van der Waals surface area contributed by atoms with Crippen LogP contribution < -0.4 is 10.1 Å². The van der Waals surface area contributed by atoms with Gasteiger partial charge in [0.1, 0.15) is 5.75 Å². The third-order valence-electron chi connectivity index (χ3n) is 4.85. The fourth-order valence-electron chi connectivity index (χ4n) is 3.34. The van der Waals surface area contributed by atoms with E-state index in [4.69, 9.17) is 4.74 Å². The highest BCUT2D eigenvalue weighted by Crippen LogP contribution is 2.27. The molecule has 0 saturated carbocycles. The zero-order chi connectivity index (χ0) is 18.6. The third kappa shape index (κ3) is 3.63. The summed E-state index contributed by atoms with van der Waals surface area (Å²) in [5, 5.41) is 5.87. The van der Waals surface area contributed by atoms with Crippen molar-refractivity contribution in [1.29, 1.82) is 0 Å². The Morgan fingerprint density at radius 2 is 1.74 bits per heavy atom. The molecule has 1 N–H and O–H groups in total. The van der Waals surface area contributed by atoms with Crippen LogP contribution in [0.2, 0.25) is 0 Å². The Morgan fingerprint density at radius 3 is 2.52 bits per heavy atom. The van der Waals surface area contributed by atoms with E-state index in [0.717, 1.165) is 28.9 Å². The van der Waals surface area contributed by atoms with Gasteiger partial charge >= 0.3 is 0 Å². The van der Waals surface area contributed by atoms with Gasteiger partial charge in [-0.15, -0.1) is 0 Å². The lowest BCUT2D eigenvalue weighted by Crippen LogP contribution is -2.00. The lowest BCUT2D eigenvalue weighted by Gasteiger charge is -2.11. The SMILES string of the molecule is COc1ccc(-c2ccc(CNc3cccc4ccncc34)cc2)cc1C. The fraction of sp³-hybridized carbons (Fsp3) is 0.125. The predicted octanol–water partition coefficient (Wildman–Crippen LogP) is 5.83. The molecule has 0 atom stereocenters. The molecular weight excluding hydrogens is 332 g/mol. The molecule has 27 heavy (non-hydrogen) atoms. The average Bonchev–Trinajstić information content (AvgIpc) is 2.72. The van der Waals surface area contributed by atoms with Crippen LogP contribution in [0.4, 0.5) is 5.69 Å². The van der Waals surface area contributed by atoms with E-state index in [1.54, 1.807) is 7.11 Å². The van der Waals surface area contributed by atoms with Gasteiger partial charge < -0.3 is 10.1 Å². The van der Waals surface area contributed by atoms with Crippen molar-refractivity contribution in [2.45, 2.75) is 13.5 Å². The van der Waals surface area contributed by atoms with Crippen molar-refractivity contribution in [2.75, 3.05) is 12.4 Å². The Labute approximate surface area is 159 Å². The summed E-state index contributed by atoms with van der Waals surface area (Å²) in [5.74, 6) is 0.921. The molecule has 3 nitrogen and oxygen atoms in total. The van der Waals surface area contributed by atoms with Crippen LogP contribution in [0.15, 0.2) is 79.1 Å². The maximum atomic E-state index is 5.35. The van der Waals surface area contributed by atoms with E-state index in [1.807, 2.05) is 24.5 Å². The van der Waals surface area contributed by atoms with Crippen LogP contribution in [-0.2, 0) is 6.54 Å². The largest absolute Gasteiger partial charge is 0.496 e. The summed E-state index contributed by atoms with van der Waals surface area (Å²) in [6.07, 6.45) is 3.73. The monoisotopic (exact) mass is 354 g/mol. The molecule has 0 radical (unpaired) electrons. The molecule has 1 aromatic heterocycles. The number of ether oxygens (including phenoxy) is 1. The van der Waals surface area contributed by atoms with Crippen molar-refractivity contribution < 1.29 is 4.74 Å². The summed E-state index contributed by atoms with van der Waals surface area (Å²) < 4.78 is 5.35. The van der Waals surface area contributed by atoms with E-state index in [9.17, 15) is 0 Å². The van der Waals surface area contributed by atoms with Crippen LogP contribution in [0.3, 0.4) is 0 Å². The van der Waals surface area contributed by atoms with Crippen LogP contribution in [-0.4, -0.2) is 12.1 Å². The number of aryl methyl sites for hydroxylation is 1. The summed E-state index contributed by atoms with van der Waals surface area (Å²) in [6, 6.07) is 23.3. The van der Waals surface area contributed by atoms with Gasteiger partial charge in [0, 0.05) is 30.0 Å². The molecule has 0 bridgehead atoms. The van der Waals surface area contributed by atoms with E-state index in [-0.39, 0.29) is 0 Å². The molecule has 0 unspecified atom stereocenters. The average molecular weight is 354 g/mol. The second-order valence-electron chi connectivity index (χ2n) is 6.64. The smallest absolute Gasteiger partial charge is 0.121 e. The van der Waals surface area contributed by atoms with E-state index in [0.29, 0.717) is 0 Å². The molecule has 0 aliphatic rings. The topological polar surface area (TPSA) is 34.1 Å². The standard InChI is InChI=1S/C24H22N2O/c1-17-14-21(10-11-24(17)27-2)19-8-6-18(7-9-19)15-26-23-5-3-4-20-12-13-25-16-22(20)23/h3-14,16,26H,15H2,1-2H3. The first-order valence-corrected chi connectivity index (χ1v) is 9.05. The van der Waals surface area contributed by atoms with Crippen molar-refractivity contribution in [3.63, 3.8) is 0 Å². The number of hydrogen-bond acceptors (Lipinski definition) is 3. The number of aromatic nitrogens is 1. The van der Waals surface area contributed by atoms with Crippen molar-refractivity contribution in [2.24, 2.45) is 0 Å². The van der Waals surface area contributed by atoms with Gasteiger partial charge in [0.05, 0.1) is 7.11 Å². The van der Waals surface area contributed by atoms with Crippen molar-refractivity contribution in [3.8, 4) is 16.9 Å². The molecule has 1 heterocycles. The molecule has 0 spiro atoms. The highest BCUT2D eigenvalue weighted by atomic mass is 16.5. The molecular formula is C24H22N2O. The highest BCUT2D eigenvalue weighted by molar-refractivity contribution is 5.93. The first kappa shape index (κ1) is 17.1. The molecule has 0 aliphatic carbocycles. The summed E-state index contributed by atoms with van der Waals surface area (Å²) in [7, 11) is 1.70. The second kappa shape index (κ2) is 7.50. The number of rotatable bonds is 5. The molecule has 4 rings (SSSR count). The predicted molar refractivity (Wildman–Crippen MR) is 112 cm³/mol. The molecule has 3 aromatic carbocycles. The van der Waals surface area contributed by atoms with E-state index >= 15 is 0 Å². The van der Waals surface area contributed by atoms with Gasteiger partial charge in [0.15, 0.2) is 0 Å². The van der Waals surface area contributed by atoms with Gasteiger partial charge in [-0.3, -0.25) is 4.98 Å². The van der Waals surface area contributed by atoms with Crippen molar-refractivity contribution in [3.05, 3.63) is 90.3 Å². The summed E-state index contributed by atoms with van der Waals surface area (Å²) >= 11 is 0. The van der Waals surface area contributed by atoms with E-state index in [2.05, 4.69) is 71.8 Å². The normalized spacial score (nSPS) is 10.7. The first-order valence-electron chi connectivity index (χ1n) is 9.05. The van der Waals surface area contributed by atoms with Gasteiger partial charge in [-0.05, 0) is 58.8 Å². The summed E-state index contributed by atoms with van der Waals surface area (Å²) in [6.45, 7) is 2.84. The number of anilines is 1. The van der Waals surface area contributed by atoms with Gasteiger partial charge in [0.25, 0.3) is 0 Å². The van der Waals surface area contributed by atoms with E-state index in [1.165, 1.54) is 22.1 Å². The number of benzene rings is 3. The number of hydrogen-bond donors (Lipinski definition) is 1. The van der Waals surface area contributed by atoms with E-state index < -0.39 is 0 Å². The number of nitrogens with one attached hydrogen (secondary N) is 1. The Morgan fingerprint density at radius 1 is 0.926 bits per heavy atom. The fourth-order valence-corrected chi connectivity index (χ4v) is 3.34. The molecule has 3 heteroatoms. The molecule has 0 amide bonds. The minimum absolute atomic E-state index is 0.774. The van der Waals surface area contributed by atoms with Crippen LogP contribution >= 0.6 is 0 Å². The Bertz CT molecular complexity index is 1070. The lowest BCUT2D eigenvalue weighted by molar-refractivity contribution is 0.412. The first-order chi connectivity index (χ1) is 13.2. The highest BCUT2D eigenvalue weighted by Gasteiger charge is 2.04. The molecule has 0 fully saturated rings. The van der Waals surface area contributed by atoms with Gasteiger partial charge in [-0.1, -0.05) is 42.5 Å². The zero-order valence-corrected chi connectivity index (χ0v) is 15.6. The van der Waals surface area contributed by atoms with Crippen LogP contribution in [0.1, 0.15) is 11.1 Å².